The van der Waals surface area contributed by atoms with Crippen LogP contribution in [0.4, 0.5) is 35.1 Å². The van der Waals surface area contributed by atoms with Gasteiger partial charge in [0.25, 0.3) is 0 Å². The van der Waals surface area contributed by atoms with Gasteiger partial charge in [0.1, 0.15) is 10.6 Å². The first-order valence-corrected chi connectivity index (χ1v) is 16.7. The lowest BCUT2D eigenvalue weighted by Gasteiger charge is -2.43. The summed E-state index contributed by atoms with van der Waals surface area (Å²) in [5.41, 5.74) is -7.65. The molecule has 0 radical (unpaired) electrons. The highest BCUT2D eigenvalue weighted by Gasteiger charge is 2.73. The van der Waals surface area contributed by atoms with E-state index < -0.39 is 71.7 Å². The lowest BCUT2D eigenvalue weighted by Crippen LogP contribution is -2.51. The minimum absolute atomic E-state index is 0.0295. The Balaban J connectivity index is 1.62. The summed E-state index contributed by atoms with van der Waals surface area (Å²) in [6.07, 6.45) is -12.1. The zero-order valence-corrected chi connectivity index (χ0v) is 24.2. The van der Waals surface area contributed by atoms with E-state index in [0.29, 0.717) is 6.07 Å². The molecule has 1 N–H and O–H groups in total. The van der Waals surface area contributed by atoms with Gasteiger partial charge < -0.3 is 5.32 Å². The monoisotopic (exact) mass is 671 g/mol. The van der Waals surface area contributed by atoms with E-state index in [1.807, 2.05) is 0 Å². The smallest absolute Gasteiger partial charge is 0.349 e. The molecule has 0 aromatic heterocycles. The highest BCUT2D eigenvalue weighted by atomic mass is 32.2. The van der Waals surface area contributed by atoms with Crippen LogP contribution in [0.5, 0.6) is 0 Å². The van der Waals surface area contributed by atoms with Crippen molar-refractivity contribution in [2.45, 2.75) is 65.8 Å². The summed E-state index contributed by atoms with van der Waals surface area (Å²) in [4.78, 5) is 12.7. The molecule has 3 aliphatic rings. The quantitative estimate of drug-likeness (QED) is 0.341. The number of sulfone groups is 2. The second kappa shape index (κ2) is 10.5. The summed E-state index contributed by atoms with van der Waals surface area (Å²) in [7, 11) is -7.91. The molecule has 44 heavy (non-hydrogen) atoms. The molecule has 5 rings (SSSR count). The van der Waals surface area contributed by atoms with Crippen LogP contribution < -0.4 is 5.32 Å². The molecule has 1 amide bonds. The van der Waals surface area contributed by atoms with E-state index in [-0.39, 0.29) is 71.3 Å². The number of rotatable bonds is 5. The van der Waals surface area contributed by atoms with Crippen molar-refractivity contribution in [2.75, 3.05) is 11.5 Å². The Hall–Kier alpha value is -3.01. The van der Waals surface area contributed by atoms with Gasteiger partial charge in [-0.25, -0.2) is 25.6 Å². The molecule has 2 aliphatic carbocycles. The van der Waals surface area contributed by atoms with Crippen molar-refractivity contribution in [1.29, 1.82) is 0 Å². The van der Waals surface area contributed by atoms with Crippen molar-refractivity contribution in [2.24, 2.45) is 5.92 Å². The normalized spacial score (nSPS) is 25.5. The molecule has 0 spiro atoms. The third kappa shape index (κ3) is 5.01. The van der Waals surface area contributed by atoms with E-state index >= 15 is 0 Å². The molecular weight excluding hydrogens is 646 g/mol. The van der Waals surface area contributed by atoms with Gasteiger partial charge in [0.15, 0.2) is 19.7 Å². The average molecular weight is 672 g/mol. The van der Waals surface area contributed by atoms with Gasteiger partial charge in [-0.3, -0.25) is 4.79 Å². The molecule has 1 saturated carbocycles. The summed E-state index contributed by atoms with van der Waals surface area (Å²) < 4.78 is 160. The van der Waals surface area contributed by atoms with E-state index in [1.165, 1.54) is 6.08 Å². The number of alkyl halides is 7. The topological polar surface area (TPSA) is 97.4 Å². The van der Waals surface area contributed by atoms with Crippen LogP contribution in [-0.2, 0) is 41.3 Å². The van der Waals surface area contributed by atoms with Crippen LogP contribution in [0.2, 0.25) is 0 Å². The number of amides is 1. The molecule has 240 valence electrons. The van der Waals surface area contributed by atoms with Gasteiger partial charge in [-0.1, -0.05) is 24.3 Å². The minimum atomic E-state index is -6.37. The Kier molecular flexibility index (Phi) is 7.75. The maximum absolute atomic E-state index is 14.9. The van der Waals surface area contributed by atoms with E-state index in [4.69, 9.17) is 0 Å². The maximum Gasteiger partial charge on any atom is 0.435 e. The van der Waals surface area contributed by atoms with Crippen molar-refractivity contribution >= 4 is 25.6 Å². The first-order chi connectivity index (χ1) is 20.2. The second-order valence-electron chi connectivity index (χ2n) is 11.2. The van der Waals surface area contributed by atoms with Crippen molar-refractivity contribution in [3.05, 3.63) is 76.6 Å². The van der Waals surface area contributed by atoms with Crippen LogP contribution in [-0.4, -0.2) is 52.6 Å². The zero-order chi connectivity index (χ0) is 32.5. The van der Waals surface area contributed by atoms with Gasteiger partial charge in [-0.2, -0.15) is 26.3 Å². The van der Waals surface area contributed by atoms with Crippen molar-refractivity contribution < 1.29 is 56.8 Å². The predicted octanol–water partition coefficient (Wildman–Crippen LogP) is 5.37. The van der Waals surface area contributed by atoms with Crippen LogP contribution in [0.25, 0.3) is 0 Å². The molecule has 1 fully saturated rings. The van der Waals surface area contributed by atoms with Gasteiger partial charge in [-0.05, 0) is 67.5 Å². The number of carbonyl (C=O) groups is 1. The fourth-order valence-electron chi connectivity index (χ4n) is 6.70. The molecule has 2 aromatic carbocycles. The summed E-state index contributed by atoms with van der Waals surface area (Å²) in [5.74, 6) is -2.93. The standard InChI is InChI=1S/C28H25F8NO5S2/c29-19-3-5-20(6-4-19)44(41,42)25-12-9-23(37-24(38)16-10-13-43(39,40)14-11-16)22(25)7-1-17-15-18(2-8-21(17)25)26(30,27(31,32)33)28(34,35)36/h2-6,8,10,15,22-23H,1,7,9,11-14H2,(H,37,38)/t22-,23+,25+/m0/s1. The summed E-state index contributed by atoms with van der Waals surface area (Å²) in [6.45, 7) is 0. The Labute approximate surface area is 247 Å². The summed E-state index contributed by atoms with van der Waals surface area (Å²) >= 11 is 0. The van der Waals surface area contributed by atoms with Crippen LogP contribution >= 0.6 is 0 Å². The van der Waals surface area contributed by atoms with Crippen LogP contribution in [0.3, 0.4) is 0 Å². The fourth-order valence-corrected chi connectivity index (χ4v) is 10.3. The zero-order valence-electron chi connectivity index (χ0n) is 22.6. The Morgan fingerprint density at radius 2 is 1.55 bits per heavy atom. The number of fused-ring (bicyclic) bond motifs is 3. The van der Waals surface area contributed by atoms with Gasteiger partial charge in [0.2, 0.25) is 5.91 Å². The number of halogens is 8. The molecule has 0 saturated heterocycles. The number of nitrogens with one attached hydrogen (secondary N) is 1. The largest absolute Gasteiger partial charge is 0.435 e. The molecule has 1 aliphatic heterocycles. The fraction of sp³-hybridized carbons (Fsp3) is 0.464. The number of carbonyl (C=O) groups excluding carboxylic acids is 1. The third-order valence-electron chi connectivity index (χ3n) is 8.85. The predicted molar refractivity (Wildman–Crippen MR) is 141 cm³/mol. The van der Waals surface area contributed by atoms with E-state index in [2.05, 4.69) is 5.32 Å². The Morgan fingerprint density at radius 3 is 2.11 bits per heavy atom. The highest BCUT2D eigenvalue weighted by molar-refractivity contribution is 7.92. The SMILES string of the molecule is O=C(N[C@@H]1CC[C@@]2(S(=O)(=O)c3ccc(F)cc3)c3ccc(C(F)(C(F)(F)F)C(F)(F)F)cc3CC[C@@H]12)C1=CCS(=O)(=O)CC1. The van der Waals surface area contributed by atoms with Gasteiger partial charge in [0.05, 0.1) is 16.4 Å². The lowest BCUT2D eigenvalue weighted by atomic mass is 9.74. The average Bonchev–Trinajstić information content (AvgIpc) is 3.31. The van der Waals surface area contributed by atoms with Crippen molar-refractivity contribution in [3.63, 3.8) is 0 Å². The number of hydrogen-bond acceptors (Lipinski definition) is 5. The molecular formula is C28H25F8NO5S2. The third-order valence-corrected chi connectivity index (χ3v) is 12.9. The highest BCUT2D eigenvalue weighted by Crippen LogP contribution is 2.59. The van der Waals surface area contributed by atoms with Gasteiger partial charge in [-0.15, -0.1) is 0 Å². The van der Waals surface area contributed by atoms with Gasteiger partial charge >= 0.3 is 18.0 Å². The molecule has 0 unspecified atom stereocenters. The number of hydrogen-bond donors (Lipinski definition) is 1. The second-order valence-corrected chi connectivity index (χ2v) is 15.7. The first-order valence-electron chi connectivity index (χ1n) is 13.4. The van der Waals surface area contributed by atoms with Crippen LogP contribution in [0.1, 0.15) is 42.4 Å². The lowest BCUT2D eigenvalue weighted by molar-refractivity contribution is -0.348. The Morgan fingerprint density at radius 1 is 0.909 bits per heavy atom. The Bertz CT molecular complexity index is 1720. The number of benzene rings is 2. The van der Waals surface area contributed by atoms with E-state index in [0.717, 1.165) is 30.3 Å². The van der Waals surface area contributed by atoms with E-state index in [9.17, 15) is 56.8 Å². The van der Waals surface area contributed by atoms with Crippen molar-refractivity contribution in [1.82, 2.24) is 5.32 Å². The summed E-state index contributed by atoms with van der Waals surface area (Å²) in [6, 6.07) is 4.34. The van der Waals surface area contributed by atoms with Crippen LogP contribution in [0.15, 0.2) is 59.0 Å². The molecule has 6 nitrogen and oxygen atoms in total. The first kappa shape index (κ1) is 32.4. The molecule has 16 heteroatoms. The molecule has 0 bridgehead atoms. The van der Waals surface area contributed by atoms with Gasteiger partial charge in [0, 0.05) is 23.1 Å². The van der Waals surface area contributed by atoms with Crippen molar-refractivity contribution in [3.8, 4) is 0 Å². The molecule has 2 aromatic rings. The minimum Gasteiger partial charge on any atom is -0.349 e. The van der Waals surface area contributed by atoms with E-state index in [1.54, 1.807) is 0 Å². The number of aryl methyl sites for hydroxylation is 1. The van der Waals surface area contributed by atoms with Crippen LogP contribution in [0, 0.1) is 11.7 Å². The molecule has 1 heterocycles. The maximum atomic E-state index is 14.9. The molecule has 3 atom stereocenters. The summed E-state index contributed by atoms with van der Waals surface area (Å²) in [5, 5.41) is 2.75.